The third kappa shape index (κ3) is 2.23. The predicted octanol–water partition coefficient (Wildman–Crippen LogP) is 2.87. The molecule has 0 aliphatic heterocycles. The highest BCUT2D eigenvalue weighted by atomic mass is 32.1. The van der Waals surface area contributed by atoms with Gasteiger partial charge in [0.1, 0.15) is 11.3 Å². The number of nitrogens with one attached hydrogen (secondary N) is 1. The van der Waals surface area contributed by atoms with E-state index in [0.717, 1.165) is 34.9 Å². The summed E-state index contributed by atoms with van der Waals surface area (Å²) >= 11 is 1.44. The van der Waals surface area contributed by atoms with Crippen molar-refractivity contribution in [3.63, 3.8) is 0 Å². The second-order valence-electron chi connectivity index (χ2n) is 6.00. The maximum absolute atomic E-state index is 12.3. The number of carbonyl (C=O) groups is 1. The number of nitrogens with zero attached hydrogens (tertiary/aromatic N) is 1. The van der Waals surface area contributed by atoms with E-state index in [-0.39, 0.29) is 11.8 Å². The number of hydrogen-bond donors (Lipinski definition) is 2. The Morgan fingerprint density at radius 2 is 2.14 bits per heavy atom. The van der Waals surface area contributed by atoms with Crippen LogP contribution in [0.2, 0.25) is 0 Å². The van der Waals surface area contributed by atoms with E-state index in [2.05, 4.69) is 10.3 Å². The number of nitrogens with two attached hydrogens (primary N) is 1. The topological polar surface area (TPSA) is 77.2 Å². The number of methoxy groups -OCH3 is 1. The third-order valence-corrected chi connectivity index (χ3v) is 5.46. The van der Waals surface area contributed by atoms with Crippen LogP contribution in [-0.4, -0.2) is 18.0 Å². The molecule has 2 aliphatic rings. The molecule has 4 rings (SSSR count). The van der Waals surface area contributed by atoms with Crippen molar-refractivity contribution in [3.05, 3.63) is 12.1 Å². The second kappa shape index (κ2) is 4.59. The average Bonchev–Trinajstić information content (AvgIpc) is 2.88. The van der Waals surface area contributed by atoms with Gasteiger partial charge in [-0.25, -0.2) is 4.98 Å². The number of nitrogen functional groups attached to an aromatic ring is 1. The molecule has 1 amide bonds. The zero-order valence-electron chi connectivity index (χ0n) is 11.8. The lowest BCUT2D eigenvalue weighted by Crippen LogP contribution is -2.21. The summed E-state index contributed by atoms with van der Waals surface area (Å²) in [6, 6.07) is 3.61. The van der Waals surface area contributed by atoms with Crippen LogP contribution in [0.15, 0.2) is 12.1 Å². The molecule has 1 aromatic heterocycles. The molecule has 21 heavy (non-hydrogen) atoms. The Bertz CT molecular complexity index is 717. The SMILES string of the molecule is COc1cc(N)cc2sc(NC(=O)C3CC4CC4C3)nc12. The molecule has 6 heteroatoms. The van der Waals surface area contributed by atoms with E-state index in [1.54, 1.807) is 13.2 Å². The van der Waals surface area contributed by atoms with Gasteiger partial charge in [0.25, 0.3) is 0 Å². The van der Waals surface area contributed by atoms with Gasteiger partial charge in [0.15, 0.2) is 5.13 Å². The molecule has 1 heterocycles. The summed E-state index contributed by atoms with van der Waals surface area (Å²) in [7, 11) is 1.59. The Morgan fingerprint density at radius 3 is 2.86 bits per heavy atom. The smallest absolute Gasteiger partial charge is 0.229 e. The summed E-state index contributed by atoms with van der Waals surface area (Å²) < 4.78 is 6.22. The molecule has 2 fully saturated rings. The zero-order chi connectivity index (χ0) is 14.6. The van der Waals surface area contributed by atoms with Crippen molar-refractivity contribution in [3.8, 4) is 5.75 Å². The van der Waals surface area contributed by atoms with Crippen LogP contribution in [0.4, 0.5) is 10.8 Å². The van der Waals surface area contributed by atoms with E-state index in [4.69, 9.17) is 10.5 Å². The minimum atomic E-state index is 0.105. The zero-order valence-corrected chi connectivity index (χ0v) is 12.6. The van der Waals surface area contributed by atoms with Crippen LogP contribution in [0.1, 0.15) is 19.3 Å². The van der Waals surface area contributed by atoms with Gasteiger partial charge in [-0.2, -0.15) is 0 Å². The first-order valence-electron chi connectivity index (χ1n) is 7.19. The highest BCUT2D eigenvalue weighted by molar-refractivity contribution is 7.22. The Hall–Kier alpha value is -1.82. The van der Waals surface area contributed by atoms with E-state index in [1.807, 2.05) is 6.07 Å². The summed E-state index contributed by atoms with van der Waals surface area (Å²) in [5, 5.41) is 3.58. The van der Waals surface area contributed by atoms with Crippen molar-refractivity contribution >= 4 is 38.3 Å². The van der Waals surface area contributed by atoms with Gasteiger partial charge in [-0.1, -0.05) is 11.3 Å². The summed E-state index contributed by atoms with van der Waals surface area (Å²) in [5.74, 6) is 2.51. The lowest BCUT2D eigenvalue weighted by atomic mass is 10.0. The average molecular weight is 303 g/mol. The number of rotatable bonds is 3. The fourth-order valence-electron chi connectivity index (χ4n) is 3.36. The molecule has 5 nitrogen and oxygen atoms in total. The molecule has 2 unspecified atom stereocenters. The monoisotopic (exact) mass is 303 g/mol. The molecule has 0 radical (unpaired) electrons. The molecular formula is C15H17N3O2S. The van der Waals surface area contributed by atoms with Crippen LogP contribution in [0, 0.1) is 17.8 Å². The summed E-state index contributed by atoms with van der Waals surface area (Å²) in [4.78, 5) is 16.8. The summed E-state index contributed by atoms with van der Waals surface area (Å²) in [6.45, 7) is 0. The molecule has 110 valence electrons. The normalized spacial score (nSPS) is 26.6. The largest absolute Gasteiger partial charge is 0.494 e. The molecule has 2 aromatic rings. The molecular weight excluding hydrogens is 286 g/mol. The van der Waals surface area contributed by atoms with E-state index in [0.29, 0.717) is 16.6 Å². The Kier molecular flexibility index (Phi) is 2.82. The van der Waals surface area contributed by atoms with Crippen LogP contribution >= 0.6 is 11.3 Å². The maximum atomic E-state index is 12.3. The number of fused-ring (bicyclic) bond motifs is 2. The maximum Gasteiger partial charge on any atom is 0.229 e. The van der Waals surface area contributed by atoms with Gasteiger partial charge in [0.05, 0.1) is 11.8 Å². The number of benzene rings is 1. The summed E-state index contributed by atoms with van der Waals surface area (Å²) in [5.41, 5.74) is 7.23. The number of hydrogen-bond acceptors (Lipinski definition) is 5. The Labute approximate surface area is 126 Å². The number of thiazole rings is 1. The molecule has 3 N–H and O–H groups in total. The molecule has 0 saturated heterocycles. The molecule has 0 bridgehead atoms. The van der Waals surface area contributed by atoms with Crippen LogP contribution < -0.4 is 15.8 Å². The molecule has 2 aliphatic carbocycles. The van der Waals surface area contributed by atoms with Crippen LogP contribution in [0.25, 0.3) is 10.2 Å². The summed E-state index contributed by atoms with van der Waals surface area (Å²) in [6.07, 6.45) is 3.40. The van der Waals surface area contributed by atoms with E-state index in [9.17, 15) is 4.79 Å². The Morgan fingerprint density at radius 1 is 1.38 bits per heavy atom. The minimum absolute atomic E-state index is 0.105. The quantitative estimate of drug-likeness (QED) is 0.855. The fourth-order valence-corrected chi connectivity index (χ4v) is 4.30. The molecule has 1 aromatic carbocycles. The van der Waals surface area contributed by atoms with Crippen molar-refractivity contribution in [1.29, 1.82) is 0 Å². The van der Waals surface area contributed by atoms with Gasteiger partial charge in [-0.15, -0.1) is 0 Å². The van der Waals surface area contributed by atoms with Crippen LogP contribution in [0.3, 0.4) is 0 Å². The Balaban J connectivity index is 1.57. The van der Waals surface area contributed by atoms with Crippen molar-refractivity contribution in [2.24, 2.45) is 17.8 Å². The second-order valence-corrected chi connectivity index (χ2v) is 7.03. The van der Waals surface area contributed by atoms with Crippen molar-refractivity contribution in [2.45, 2.75) is 19.3 Å². The number of amides is 1. The number of anilines is 2. The lowest BCUT2D eigenvalue weighted by molar-refractivity contribution is -0.120. The highest BCUT2D eigenvalue weighted by Gasteiger charge is 2.48. The van der Waals surface area contributed by atoms with E-state index >= 15 is 0 Å². The highest BCUT2D eigenvalue weighted by Crippen LogP contribution is 2.54. The van der Waals surface area contributed by atoms with Gasteiger partial charge in [0.2, 0.25) is 5.91 Å². The first-order chi connectivity index (χ1) is 10.1. The van der Waals surface area contributed by atoms with Gasteiger partial charge in [-0.05, 0) is 37.2 Å². The van der Waals surface area contributed by atoms with Gasteiger partial charge in [-0.3, -0.25) is 4.79 Å². The predicted molar refractivity (Wildman–Crippen MR) is 83.5 cm³/mol. The van der Waals surface area contributed by atoms with Gasteiger partial charge in [0, 0.05) is 17.7 Å². The number of carbonyl (C=O) groups excluding carboxylic acids is 1. The van der Waals surface area contributed by atoms with E-state index < -0.39 is 0 Å². The number of aromatic nitrogens is 1. The van der Waals surface area contributed by atoms with Gasteiger partial charge >= 0.3 is 0 Å². The van der Waals surface area contributed by atoms with Gasteiger partial charge < -0.3 is 15.8 Å². The number of ether oxygens (including phenoxy) is 1. The molecule has 2 atom stereocenters. The first-order valence-corrected chi connectivity index (χ1v) is 8.00. The first kappa shape index (κ1) is 12.9. The van der Waals surface area contributed by atoms with Crippen molar-refractivity contribution < 1.29 is 9.53 Å². The van der Waals surface area contributed by atoms with Crippen molar-refractivity contribution in [1.82, 2.24) is 4.98 Å². The van der Waals surface area contributed by atoms with E-state index in [1.165, 1.54) is 17.8 Å². The minimum Gasteiger partial charge on any atom is -0.494 e. The fraction of sp³-hybridized carbons (Fsp3) is 0.467. The lowest BCUT2D eigenvalue weighted by Gasteiger charge is -2.09. The standard InChI is InChI=1S/C15H17N3O2S/c1-20-11-5-10(16)6-12-13(11)17-15(21-12)18-14(19)9-3-7-2-8(7)4-9/h5-9H,2-4,16H2,1H3,(H,17,18,19). The molecule has 2 saturated carbocycles. The molecule has 0 spiro atoms. The van der Waals surface area contributed by atoms with Crippen LogP contribution in [0.5, 0.6) is 5.75 Å². The van der Waals surface area contributed by atoms with Crippen LogP contribution in [-0.2, 0) is 4.79 Å². The third-order valence-electron chi connectivity index (χ3n) is 4.55. The van der Waals surface area contributed by atoms with Crippen molar-refractivity contribution in [2.75, 3.05) is 18.2 Å².